The molecule has 2 nitrogen and oxygen atoms in total. The Kier molecular flexibility index (Phi) is 3.49. The fraction of sp³-hybridized carbons (Fsp3) is 0.571. The van der Waals surface area contributed by atoms with E-state index in [2.05, 4.69) is 19.9 Å². The molecule has 16 heavy (non-hydrogen) atoms. The molecular formula is C14H20O2. The molecule has 0 fully saturated rings. The number of aliphatic hydroxyl groups is 1. The summed E-state index contributed by atoms with van der Waals surface area (Å²) in [5, 5.41) is 10.2. The number of hydrogen-bond donors (Lipinski definition) is 1. The molecule has 1 heterocycles. The number of rotatable bonds is 4. The third-order valence-corrected chi connectivity index (χ3v) is 3.54. The lowest BCUT2D eigenvalue weighted by atomic mass is 9.89. The Morgan fingerprint density at radius 2 is 2.19 bits per heavy atom. The maximum Gasteiger partial charge on any atom is 0.123 e. The van der Waals surface area contributed by atoms with E-state index >= 15 is 0 Å². The molecule has 3 atom stereocenters. The minimum absolute atomic E-state index is 0.158. The van der Waals surface area contributed by atoms with Gasteiger partial charge in [0.2, 0.25) is 0 Å². The molecule has 2 heteroatoms. The first-order valence-corrected chi connectivity index (χ1v) is 6.12. The van der Waals surface area contributed by atoms with Crippen molar-refractivity contribution in [1.29, 1.82) is 0 Å². The average Bonchev–Trinajstić information content (AvgIpc) is 2.72. The molecule has 0 saturated carbocycles. The number of para-hydroxylation sites is 1. The highest BCUT2D eigenvalue weighted by molar-refractivity contribution is 5.40. The van der Waals surface area contributed by atoms with Crippen molar-refractivity contribution in [2.45, 2.75) is 38.7 Å². The SMILES string of the molecule is CCC(C)CC(O)C1COc2ccccc21. The first kappa shape index (κ1) is 11.5. The number of hydrogen-bond acceptors (Lipinski definition) is 2. The van der Waals surface area contributed by atoms with Crippen molar-refractivity contribution < 1.29 is 9.84 Å². The molecule has 0 radical (unpaired) electrons. The van der Waals surface area contributed by atoms with Crippen LogP contribution < -0.4 is 4.74 Å². The van der Waals surface area contributed by atoms with Gasteiger partial charge in [-0.05, 0) is 18.4 Å². The summed E-state index contributed by atoms with van der Waals surface area (Å²) >= 11 is 0. The molecule has 0 aromatic heterocycles. The van der Waals surface area contributed by atoms with Crippen LogP contribution in [0.5, 0.6) is 5.75 Å². The van der Waals surface area contributed by atoms with Crippen LogP contribution in [0.3, 0.4) is 0 Å². The van der Waals surface area contributed by atoms with Gasteiger partial charge in [-0.1, -0.05) is 38.5 Å². The summed E-state index contributed by atoms with van der Waals surface area (Å²) in [5.74, 6) is 1.67. The lowest BCUT2D eigenvalue weighted by molar-refractivity contribution is 0.104. The van der Waals surface area contributed by atoms with Crippen molar-refractivity contribution in [3.8, 4) is 5.75 Å². The van der Waals surface area contributed by atoms with Crippen molar-refractivity contribution in [2.24, 2.45) is 5.92 Å². The summed E-state index contributed by atoms with van der Waals surface area (Å²) in [7, 11) is 0. The smallest absolute Gasteiger partial charge is 0.123 e. The van der Waals surface area contributed by atoms with Gasteiger partial charge in [0.05, 0.1) is 12.7 Å². The van der Waals surface area contributed by atoms with Crippen molar-refractivity contribution in [3.63, 3.8) is 0 Å². The first-order valence-electron chi connectivity index (χ1n) is 6.12. The van der Waals surface area contributed by atoms with Gasteiger partial charge in [-0.3, -0.25) is 0 Å². The van der Waals surface area contributed by atoms with Gasteiger partial charge in [-0.25, -0.2) is 0 Å². The van der Waals surface area contributed by atoms with E-state index in [-0.39, 0.29) is 12.0 Å². The normalized spacial score (nSPS) is 22.3. The molecule has 88 valence electrons. The Bertz CT molecular complexity index is 348. The Balaban J connectivity index is 2.07. The molecular weight excluding hydrogens is 200 g/mol. The van der Waals surface area contributed by atoms with E-state index in [0.717, 1.165) is 18.6 Å². The van der Waals surface area contributed by atoms with Crippen molar-refractivity contribution in [2.75, 3.05) is 6.61 Å². The summed E-state index contributed by atoms with van der Waals surface area (Å²) in [5.41, 5.74) is 1.17. The van der Waals surface area contributed by atoms with Gasteiger partial charge >= 0.3 is 0 Å². The lowest BCUT2D eigenvalue weighted by Gasteiger charge is -2.20. The highest BCUT2D eigenvalue weighted by atomic mass is 16.5. The molecule has 0 saturated heterocycles. The number of ether oxygens (including phenoxy) is 1. The number of fused-ring (bicyclic) bond motifs is 1. The maximum atomic E-state index is 10.2. The van der Waals surface area contributed by atoms with E-state index in [1.165, 1.54) is 5.56 Å². The van der Waals surface area contributed by atoms with Gasteiger partial charge in [-0.15, -0.1) is 0 Å². The third-order valence-electron chi connectivity index (χ3n) is 3.54. The van der Waals surface area contributed by atoms with E-state index in [1.807, 2.05) is 18.2 Å². The molecule has 3 unspecified atom stereocenters. The zero-order valence-electron chi connectivity index (χ0n) is 10.0. The molecule has 1 aliphatic rings. The summed E-state index contributed by atoms with van der Waals surface area (Å²) in [4.78, 5) is 0. The Labute approximate surface area is 97.3 Å². The van der Waals surface area contributed by atoms with Crippen LogP contribution in [0, 0.1) is 5.92 Å². The maximum absolute atomic E-state index is 10.2. The van der Waals surface area contributed by atoms with Crippen LogP contribution in [-0.2, 0) is 0 Å². The van der Waals surface area contributed by atoms with E-state index in [4.69, 9.17) is 4.74 Å². The zero-order chi connectivity index (χ0) is 11.5. The molecule has 0 amide bonds. The monoisotopic (exact) mass is 220 g/mol. The number of benzene rings is 1. The average molecular weight is 220 g/mol. The second-order valence-electron chi connectivity index (χ2n) is 4.77. The molecule has 0 aliphatic carbocycles. The first-order chi connectivity index (χ1) is 7.72. The van der Waals surface area contributed by atoms with Gasteiger partial charge in [0.25, 0.3) is 0 Å². The van der Waals surface area contributed by atoms with Crippen molar-refractivity contribution in [3.05, 3.63) is 29.8 Å². The van der Waals surface area contributed by atoms with Gasteiger partial charge in [0.15, 0.2) is 0 Å². The number of aliphatic hydroxyl groups excluding tert-OH is 1. The summed E-state index contributed by atoms with van der Waals surface area (Å²) < 4.78 is 5.59. The Morgan fingerprint density at radius 3 is 2.94 bits per heavy atom. The van der Waals surface area contributed by atoms with Crippen LogP contribution in [-0.4, -0.2) is 17.8 Å². The molecule has 1 aromatic carbocycles. The van der Waals surface area contributed by atoms with E-state index in [0.29, 0.717) is 12.5 Å². The predicted octanol–water partition coefficient (Wildman–Crippen LogP) is 2.96. The second kappa shape index (κ2) is 4.88. The Morgan fingerprint density at radius 1 is 1.44 bits per heavy atom. The lowest BCUT2D eigenvalue weighted by Crippen LogP contribution is -2.22. The van der Waals surface area contributed by atoms with Crippen LogP contribution in [0.1, 0.15) is 38.2 Å². The van der Waals surface area contributed by atoms with E-state index < -0.39 is 0 Å². The van der Waals surface area contributed by atoms with E-state index in [9.17, 15) is 5.11 Å². The standard InChI is InChI=1S/C14H20O2/c1-3-10(2)8-13(15)12-9-16-14-7-5-4-6-11(12)14/h4-7,10,12-13,15H,3,8-9H2,1-2H3. The highest BCUT2D eigenvalue weighted by Crippen LogP contribution is 2.37. The van der Waals surface area contributed by atoms with Crippen molar-refractivity contribution >= 4 is 0 Å². The Hall–Kier alpha value is -1.02. The van der Waals surface area contributed by atoms with Gasteiger partial charge in [0, 0.05) is 11.5 Å². The van der Waals surface area contributed by atoms with E-state index in [1.54, 1.807) is 0 Å². The molecule has 1 aliphatic heterocycles. The van der Waals surface area contributed by atoms with Crippen LogP contribution in [0.2, 0.25) is 0 Å². The van der Waals surface area contributed by atoms with Crippen LogP contribution >= 0.6 is 0 Å². The second-order valence-corrected chi connectivity index (χ2v) is 4.77. The fourth-order valence-electron chi connectivity index (χ4n) is 2.25. The summed E-state index contributed by atoms with van der Waals surface area (Å²) in [6.45, 7) is 4.97. The predicted molar refractivity (Wildman–Crippen MR) is 64.8 cm³/mol. The van der Waals surface area contributed by atoms with Gasteiger partial charge < -0.3 is 9.84 Å². The minimum Gasteiger partial charge on any atom is -0.493 e. The molecule has 0 spiro atoms. The fourth-order valence-corrected chi connectivity index (χ4v) is 2.25. The minimum atomic E-state index is -0.279. The topological polar surface area (TPSA) is 29.5 Å². The summed E-state index contributed by atoms with van der Waals surface area (Å²) in [6.07, 6.45) is 1.70. The molecule has 1 N–H and O–H groups in total. The van der Waals surface area contributed by atoms with Crippen LogP contribution in [0.25, 0.3) is 0 Å². The quantitative estimate of drug-likeness (QED) is 0.845. The molecule has 1 aromatic rings. The van der Waals surface area contributed by atoms with Crippen LogP contribution in [0.15, 0.2) is 24.3 Å². The van der Waals surface area contributed by atoms with Gasteiger partial charge in [-0.2, -0.15) is 0 Å². The van der Waals surface area contributed by atoms with Crippen LogP contribution in [0.4, 0.5) is 0 Å². The molecule has 0 bridgehead atoms. The summed E-state index contributed by atoms with van der Waals surface area (Å²) in [6, 6.07) is 8.02. The third kappa shape index (κ3) is 2.22. The highest BCUT2D eigenvalue weighted by Gasteiger charge is 2.30. The van der Waals surface area contributed by atoms with Gasteiger partial charge in [0.1, 0.15) is 5.75 Å². The van der Waals surface area contributed by atoms with Crippen molar-refractivity contribution in [1.82, 2.24) is 0 Å². The zero-order valence-corrected chi connectivity index (χ0v) is 10.0. The molecule has 2 rings (SSSR count). The largest absolute Gasteiger partial charge is 0.493 e.